The molecule has 0 saturated carbocycles. The minimum atomic E-state index is 0.533. The normalized spacial score (nSPS) is 10.1. The van der Waals surface area contributed by atoms with Gasteiger partial charge in [0.2, 0.25) is 0 Å². The van der Waals surface area contributed by atoms with Crippen LogP contribution in [0.15, 0.2) is 18.5 Å². The van der Waals surface area contributed by atoms with Crippen molar-refractivity contribution in [2.24, 2.45) is 0 Å². The average molecular weight is 196 g/mol. The molecule has 1 aromatic rings. The number of ether oxygens (including phenoxy) is 2. The summed E-state index contributed by atoms with van der Waals surface area (Å²) >= 11 is 0. The Balaban J connectivity index is 2.18. The summed E-state index contributed by atoms with van der Waals surface area (Å²) in [5, 5.41) is 0. The molecule has 4 heteroatoms. The topological polar surface area (TPSA) is 57.4 Å². The minimum Gasteiger partial charge on any atom is -0.489 e. The van der Waals surface area contributed by atoms with E-state index in [0.717, 1.165) is 13.0 Å². The summed E-state index contributed by atoms with van der Waals surface area (Å²) in [6, 6.07) is 1.74. The van der Waals surface area contributed by atoms with Crippen LogP contribution in [0.25, 0.3) is 0 Å². The second-order valence-corrected chi connectivity index (χ2v) is 2.91. The molecule has 0 aliphatic carbocycles. The molecule has 0 aliphatic rings. The fraction of sp³-hybridized carbons (Fsp3) is 0.500. The molecule has 0 saturated heterocycles. The van der Waals surface area contributed by atoms with E-state index >= 15 is 0 Å². The molecular weight excluding hydrogens is 180 g/mol. The maximum atomic E-state index is 5.54. The van der Waals surface area contributed by atoms with E-state index in [2.05, 4.69) is 11.9 Å². The standard InChI is InChI=1S/C10H16N2O2/c1-2-3-13-4-5-14-10-6-9(11)7-12-8-10/h6-8H,2-5,11H2,1H3. The van der Waals surface area contributed by atoms with Crippen LogP contribution in [0.4, 0.5) is 5.69 Å². The maximum absolute atomic E-state index is 5.54. The summed E-state index contributed by atoms with van der Waals surface area (Å²) in [4.78, 5) is 3.91. The van der Waals surface area contributed by atoms with Crippen LogP contribution < -0.4 is 10.5 Å². The monoisotopic (exact) mass is 196 g/mol. The number of nitrogen functional groups attached to an aromatic ring is 1. The van der Waals surface area contributed by atoms with Crippen LogP contribution in [0.5, 0.6) is 5.75 Å². The predicted molar refractivity (Wildman–Crippen MR) is 55.3 cm³/mol. The van der Waals surface area contributed by atoms with Gasteiger partial charge in [0.1, 0.15) is 12.4 Å². The van der Waals surface area contributed by atoms with Crippen molar-refractivity contribution in [3.63, 3.8) is 0 Å². The lowest BCUT2D eigenvalue weighted by Gasteiger charge is -2.06. The molecule has 0 atom stereocenters. The second-order valence-electron chi connectivity index (χ2n) is 2.91. The van der Waals surface area contributed by atoms with E-state index in [4.69, 9.17) is 15.2 Å². The Labute approximate surface area is 84.0 Å². The van der Waals surface area contributed by atoms with Crippen molar-refractivity contribution in [2.45, 2.75) is 13.3 Å². The van der Waals surface area contributed by atoms with Gasteiger partial charge >= 0.3 is 0 Å². The molecular formula is C10H16N2O2. The third kappa shape index (κ3) is 4.09. The second kappa shape index (κ2) is 6.21. The van der Waals surface area contributed by atoms with Gasteiger partial charge in [0.25, 0.3) is 0 Å². The molecule has 1 heterocycles. The van der Waals surface area contributed by atoms with Gasteiger partial charge in [-0.3, -0.25) is 4.98 Å². The van der Waals surface area contributed by atoms with Gasteiger partial charge in [0, 0.05) is 12.7 Å². The SMILES string of the molecule is CCCOCCOc1cncc(N)c1. The molecule has 0 unspecified atom stereocenters. The van der Waals surface area contributed by atoms with Crippen LogP contribution in [0.1, 0.15) is 13.3 Å². The van der Waals surface area contributed by atoms with Crippen molar-refractivity contribution in [3.8, 4) is 5.75 Å². The molecule has 0 aromatic carbocycles. The number of hydrogen-bond acceptors (Lipinski definition) is 4. The molecule has 78 valence electrons. The number of pyridine rings is 1. The highest BCUT2D eigenvalue weighted by Crippen LogP contribution is 2.11. The van der Waals surface area contributed by atoms with E-state index in [1.54, 1.807) is 18.5 Å². The van der Waals surface area contributed by atoms with Crippen molar-refractivity contribution in [1.82, 2.24) is 4.98 Å². The van der Waals surface area contributed by atoms with Gasteiger partial charge in [-0.25, -0.2) is 0 Å². The molecule has 0 bridgehead atoms. The summed E-state index contributed by atoms with van der Waals surface area (Å²) < 4.78 is 10.6. The molecule has 4 nitrogen and oxygen atoms in total. The highest BCUT2D eigenvalue weighted by molar-refractivity contribution is 5.39. The lowest BCUT2D eigenvalue weighted by atomic mass is 10.4. The zero-order valence-corrected chi connectivity index (χ0v) is 8.40. The van der Waals surface area contributed by atoms with Crippen LogP contribution in [0.2, 0.25) is 0 Å². The zero-order valence-electron chi connectivity index (χ0n) is 8.40. The Morgan fingerprint density at radius 1 is 1.29 bits per heavy atom. The Morgan fingerprint density at radius 2 is 2.14 bits per heavy atom. The van der Waals surface area contributed by atoms with Gasteiger partial charge in [0.15, 0.2) is 0 Å². The zero-order chi connectivity index (χ0) is 10.2. The molecule has 0 amide bonds. The Kier molecular flexibility index (Phi) is 4.78. The van der Waals surface area contributed by atoms with Crippen LogP contribution in [0, 0.1) is 0 Å². The van der Waals surface area contributed by atoms with Gasteiger partial charge in [-0.2, -0.15) is 0 Å². The van der Waals surface area contributed by atoms with Crippen molar-refractivity contribution in [3.05, 3.63) is 18.5 Å². The molecule has 0 radical (unpaired) electrons. The highest BCUT2D eigenvalue weighted by atomic mass is 16.5. The molecule has 0 aliphatic heterocycles. The maximum Gasteiger partial charge on any atom is 0.139 e. The van der Waals surface area contributed by atoms with Gasteiger partial charge in [-0.1, -0.05) is 6.92 Å². The first-order valence-corrected chi connectivity index (χ1v) is 4.74. The largest absolute Gasteiger partial charge is 0.489 e. The first-order valence-electron chi connectivity index (χ1n) is 4.74. The first kappa shape index (κ1) is 10.8. The van der Waals surface area contributed by atoms with Gasteiger partial charge in [-0.05, 0) is 6.42 Å². The van der Waals surface area contributed by atoms with Crippen molar-refractivity contribution in [1.29, 1.82) is 0 Å². The van der Waals surface area contributed by atoms with E-state index in [0.29, 0.717) is 24.7 Å². The summed E-state index contributed by atoms with van der Waals surface area (Å²) in [6.07, 6.45) is 4.25. The smallest absolute Gasteiger partial charge is 0.139 e. The average Bonchev–Trinajstić information content (AvgIpc) is 2.18. The third-order valence-electron chi connectivity index (χ3n) is 1.58. The van der Waals surface area contributed by atoms with E-state index in [1.807, 2.05) is 0 Å². The summed E-state index contributed by atoms with van der Waals surface area (Å²) in [5.41, 5.74) is 6.15. The molecule has 1 rings (SSSR count). The van der Waals surface area contributed by atoms with Crippen LogP contribution in [-0.2, 0) is 4.74 Å². The van der Waals surface area contributed by atoms with E-state index < -0.39 is 0 Å². The summed E-state index contributed by atoms with van der Waals surface area (Å²) in [5.74, 6) is 0.685. The van der Waals surface area contributed by atoms with E-state index in [-0.39, 0.29) is 0 Å². The van der Waals surface area contributed by atoms with Gasteiger partial charge in [0.05, 0.1) is 24.7 Å². The Morgan fingerprint density at radius 3 is 2.86 bits per heavy atom. The number of anilines is 1. The van der Waals surface area contributed by atoms with Gasteiger partial charge < -0.3 is 15.2 Å². The number of nitrogens with two attached hydrogens (primary N) is 1. The van der Waals surface area contributed by atoms with Crippen LogP contribution in [-0.4, -0.2) is 24.8 Å². The van der Waals surface area contributed by atoms with E-state index in [1.165, 1.54) is 0 Å². The van der Waals surface area contributed by atoms with Crippen molar-refractivity contribution >= 4 is 5.69 Å². The predicted octanol–water partition coefficient (Wildman–Crippen LogP) is 1.47. The fourth-order valence-corrected chi connectivity index (χ4v) is 0.979. The minimum absolute atomic E-state index is 0.533. The number of nitrogens with zero attached hydrogens (tertiary/aromatic N) is 1. The van der Waals surface area contributed by atoms with E-state index in [9.17, 15) is 0 Å². The Hall–Kier alpha value is -1.29. The molecule has 14 heavy (non-hydrogen) atoms. The number of hydrogen-bond donors (Lipinski definition) is 1. The lowest BCUT2D eigenvalue weighted by Crippen LogP contribution is -2.07. The van der Waals surface area contributed by atoms with Crippen LogP contribution >= 0.6 is 0 Å². The number of aromatic nitrogens is 1. The molecule has 1 aromatic heterocycles. The van der Waals surface area contributed by atoms with Gasteiger partial charge in [-0.15, -0.1) is 0 Å². The highest BCUT2D eigenvalue weighted by Gasteiger charge is 1.94. The molecule has 0 spiro atoms. The summed E-state index contributed by atoms with van der Waals surface area (Å²) in [6.45, 7) is 3.98. The van der Waals surface area contributed by atoms with Crippen molar-refractivity contribution < 1.29 is 9.47 Å². The van der Waals surface area contributed by atoms with Crippen LogP contribution in [0.3, 0.4) is 0 Å². The molecule has 2 N–H and O–H groups in total. The summed E-state index contributed by atoms with van der Waals surface area (Å²) in [7, 11) is 0. The fourth-order valence-electron chi connectivity index (χ4n) is 0.979. The number of rotatable bonds is 6. The third-order valence-corrected chi connectivity index (χ3v) is 1.58. The van der Waals surface area contributed by atoms with Crippen molar-refractivity contribution in [2.75, 3.05) is 25.6 Å². The quantitative estimate of drug-likeness (QED) is 0.700. The first-order chi connectivity index (χ1) is 6.83. The molecule has 0 fully saturated rings. The Bertz CT molecular complexity index is 266. The lowest BCUT2D eigenvalue weighted by molar-refractivity contribution is 0.100.